The molecule has 13 nitrogen and oxygen atoms in total. The van der Waals surface area contributed by atoms with Crippen LogP contribution in [0.25, 0.3) is 6.08 Å². The monoisotopic (exact) mass is 862 g/mol. The van der Waals surface area contributed by atoms with E-state index < -0.39 is 43.4 Å². The number of carbonyl (C=O) groups excluding carboxylic acids is 2. The van der Waals surface area contributed by atoms with Gasteiger partial charge < -0.3 is 19.9 Å². The van der Waals surface area contributed by atoms with Gasteiger partial charge in [0.2, 0.25) is 0 Å². The molecule has 0 fully saturated rings. The third-order valence-corrected chi connectivity index (χ3v) is 12.8. The highest BCUT2D eigenvalue weighted by Gasteiger charge is 2.32. The Morgan fingerprint density at radius 2 is 1.12 bits per heavy atom. The third kappa shape index (κ3) is 12.8. The fourth-order valence-corrected chi connectivity index (χ4v) is 9.44. The van der Waals surface area contributed by atoms with E-state index >= 15 is 0 Å². The molecule has 2 aliphatic heterocycles. The zero-order valence-corrected chi connectivity index (χ0v) is 37.5. The number of alkyl carbamates (subject to hydrolysis) is 2. The van der Waals surface area contributed by atoms with Gasteiger partial charge in [-0.2, -0.15) is 0 Å². The van der Waals surface area contributed by atoms with Gasteiger partial charge >= 0.3 is 12.2 Å². The van der Waals surface area contributed by atoms with Gasteiger partial charge in [0.25, 0.3) is 20.0 Å². The first-order valence-electron chi connectivity index (χ1n) is 19.6. The number of benzene rings is 4. The van der Waals surface area contributed by atoms with Crippen molar-refractivity contribution in [2.45, 2.75) is 102 Å². The molecule has 60 heavy (non-hydrogen) atoms. The van der Waals surface area contributed by atoms with Crippen molar-refractivity contribution < 1.29 is 41.0 Å². The summed E-state index contributed by atoms with van der Waals surface area (Å²) in [7, 11) is -6.45. The SMILES string of the molecule is CO.Cc1ccc(S(=O)(=O)N2CCC(NC(=O)OC(C)(C)C)=Cc3ccccc32)cc1.Cc1ccc(S(=O)(=O)N2CCC(NC(=O)OC(C)(C)C)Cc3ccccc32)cc1. The fourth-order valence-electron chi connectivity index (χ4n) is 6.43. The number of aryl methyl sites for hydroxylation is 2. The number of anilines is 2. The van der Waals surface area contributed by atoms with Crippen molar-refractivity contribution in [1.29, 1.82) is 0 Å². The Hall–Kier alpha value is -5.38. The molecule has 6 rings (SSSR count). The number of ether oxygens (including phenoxy) is 2. The van der Waals surface area contributed by atoms with Gasteiger partial charge in [0.05, 0.1) is 21.2 Å². The number of aliphatic hydroxyl groups is 1. The number of rotatable bonds is 6. The molecule has 0 bridgehead atoms. The zero-order chi connectivity index (χ0) is 44.5. The van der Waals surface area contributed by atoms with Crippen LogP contribution in [0.5, 0.6) is 0 Å². The number of aliphatic hydroxyl groups excluding tert-OH is 1. The fraction of sp³-hybridized carbons (Fsp3) is 0.378. The highest BCUT2D eigenvalue weighted by atomic mass is 32.2. The van der Waals surface area contributed by atoms with Crippen molar-refractivity contribution in [3.63, 3.8) is 0 Å². The summed E-state index contributed by atoms with van der Waals surface area (Å²) >= 11 is 0. The highest BCUT2D eigenvalue weighted by Crippen LogP contribution is 2.33. The molecule has 0 radical (unpaired) electrons. The minimum atomic E-state index is -3.74. The molecule has 2 amide bonds. The molecule has 0 saturated carbocycles. The number of carbonyl (C=O) groups is 2. The van der Waals surface area contributed by atoms with E-state index in [4.69, 9.17) is 14.6 Å². The van der Waals surface area contributed by atoms with Gasteiger partial charge in [0.15, 0.2) is 0 Å². The van der Waals surface area contributed by atoms with E-state index in [1.807, 2.05) is 71.0 Å². The van der Waals surface area contributed by atoms with E-state index in [9.17, 15) is 26.4 Å². The quantitative estimate of drug-likeness (QED) is 0.173. The molecular formula is C45H58N4O9S2. The summed E-state index contributed by atoms with van der Waals surface area (Å²) in [4.78, 5) is 24.9. The van der Waals surface area contributed by atoms with Gasteiger partial charge in [-0.05, 0) is 116 Å². The molecule has 2 aliphatic rings. The maximum atomic E-state index is 13.3. The predicted octanol–water partition coefficient (Wildman–Crippen LogP) is 8.10. The summed E-state index contributed by atoms with van der Waals surface area (Å²) in [5.41, 5.74) is 4.21. The van der Waals surface area contributed by atoms with Crippen molar-refractivity contribution in [3.05, 3.63) is 125 Å². The number of para-hydroxylation sites is 2. The van der Waals surface area contributed by atoms with E-state index in [2.05, 4.69) is 10.6 Å². The zero-order valence-electron chi connectivity index (χ0n) is 35.9. The lowest BCUT2D eigenvalue weighted by molar-refractivity contribution is 0.0499. The Labute approximate surface area is 355 Å². The Morgan fingerprint density at radius 3 is 1.65 bits per heavy atom. The van der Waals surface area contributed by atoms with Crippen LogP contribution in [-0.4, -0.2) is 71.6 Å². The van der Waals surface area contributed by atoms with E-state index in [0.717, 1.165) is 23.8 Å². The average molecular weight is 863 g/mol. The minimum Gasteiger partial charge on any atom is -0.444 e. The second-order valence-electron chi connectivity index (χ2n) is 16.4. The Balaban J connectivity index is 0.000000254. The topological polar surface area (TPSA) is 172 Å². The van der Waals surface area contributed by atoms with Crippen LogP contribution in [0, 0.1) is 13.8 Å². The van der Waals surface area contributed by atoms with Gasteiger partial charge in [-0.3, -0.25) is 13.9 Å². The minimum absolute atomic E-state index is 0.203. The average Bonchev–Trinajstić information content (AvgIpc) is 3.47. The smallest absolute Gasteiger partial charge is 0.411 e. The largest absolute Gasteiger partial charge is 0.444 e. The summed E-state index contributed by atoms with van der Waals surface area (Å²) in [6, 6.07) is 28.1. The Kier molecular flexibility index (Phi) is 15.6. The van der Waals surface area contributed by atoms with Crippen LogP contribution in [0.2, 0.25) is 0 Å². The lowest BCUT2D eigenvalue weighted by atomic mass is 10.0. The molecule has 2 heterocycles. The summed E-state index contributed by atoms with van der Waals surface area (Å²) in [5.74, 6) is 0. The molecule has 0 saturated heterocycles. The number of nitrogens with one attached hydrogen (secondary N) is 2. The molecule has 324 valence electrons. The summed E-state index contributed by atoms with van der Waals surface area (Å²) in [5, 5.41) is 12.6. The van der Waals surface area contributed by atoms with Crippen molar-refractivity contribution in [1.82, 2.24) is 10.6 Å². The predicted molar refractivity (Wildman–Crippen MR) is 236 cm³/mol. The van der Waals surface area contributed by atoms with E-state index in [-0.39, 0.29) is 28.9 Å². The normalized spacial score (nSPS) is 15.4. The van der Waals surface area contributed by atoms with E-state index in [1.165, 1.54) is 8.61 Å². The van der Waals surface area contributed by atoms with Crippen LogP contribution in [0.4, 0.5) is 21.0 Å². The summed E-state index contributed by atoms with van der Waals surface area (Å²) in [6.07, 6.45) is 2.11. The van der Waals surface area contributed by atoms with Crippen LogP contribution in [0.1, 0.15) is 76.6 Å². The van der Waals surface area contributed by atoms with Gasteiger partial charge in [-0.25, -0.2) is 26.4 Å². The second kappa shape index (κ2) is 19.8. The maximum absolute atomic E-state index is 13.3. The summed E-state index contributed by atoms with van der Waals surface area (Å²) in [6.45, 7) is 15.1. The van der Waals surface area contributed by atoms with Gasteiger partial charge in [0.1, 0.15) is 11.2 Å². The first-order chi connectivity index (χ1) is 28.1. The van der Waals surface area contributed by atoms with E-state index in [0.29, 0.717) is 41.9 Å². The lowest BCUT2D eigenvalue weighted by Gasteiger charge is -2.25. The first-order valence-corrected chi connectivity index (χ1v) is 22.5. The molecule has 15 heteroatoms. The van der Waals surface area contributed by atoms with Crippen molar-refractivity contribution in [3.8, 4) is 0 Å². The number of sulfonamides is 2. The molecular weight excluding hydrogens is 805 g/mol. The molecule has 1 atom stereocenters. The molecule has 0 spiro atoms. The molecule has 1 unspecified atom stereocenters. The molecule has 4 aromatic rings. The Morgan fingerprint density at radius 1 is 0.650 bits per heavy atom. The first kappa shape index (κ1) is 47.3. The number of nitrogens with zero attached hydrogens (tertiary/aromatic N) is 2. The van der Waals surface area contributed by atoms with Crippen molar-refractivity contribution in [2.75, 3.05) is 28.8 Å². The second-order valence-corrected chi connectivity index (χ2v) is 20.1. The number of fused-ring (bicyclic) bond motifs is 2. The van der Waals surface area contributed by atoms with Crippen molar-refractivity contribution in [2.24, 2.45) is 0 Å². The standard InChI is InChI=1S/C22H28N2O4S.C22H26N2O4S.CH4O/c2*1-16-9-11-19(12-10-16)29(26,27)24-14-13-18(23-21(25)28-22(2,3)4)15-17-7-5-6-8-20(17)24;1-2/h5-12,18H,13-15H2,1-4H3,(H,23,25);5-12,15H,13-14H2,1-4H3,(H,23,25);2H,1H3. The van der Waals surface area contributed by atoms with E-state index in [1.54, 1.807) is 87.5 Å². The molecule has 3 N–H and O–H groups in total. The van der Waals surface area contributed by atoms with Crippen LogP contribution < -0.4 is 19.2 Å². The maximum Gasteiger partial charge on any atom is 0.411 e. The van der Waals surface area contributed by atoms with Crippen molar-refractivity contribution >= 4 is 49.7 Å². The lowest BCUT2D eigenvalue weighted by Crippen LogP contribution is -2.41. The highest BCUT2D eigenvalue weighted by molar-refractivity contribution is 7.93. The van der Waals surface area contributed by atoms with Crippen LogP contribution in [0.15, 0.2) is 113 Å². The third-order valence-electron chi connectivity index (χ3n) is 9.13. The Bertz CT molecular complexity index is 2280. The number of hydrogen-bond acceptors (Lipinski definition) is 9. The molecule has 4 aromatic carbocycles. The summed E-state index contributed by atoms with van der Waals surface area (Å²) < 4.78 is 66.9. The van der Waals surface area contributed by atoms with Crippen LogP contribution >= 0.6 is 0 Å². The number of amides is 2. The van der Waals surface area contributed by atoms with Gasteiger partial charge in [-0.1, -0.05) is 71.8 Å². The molecule has 0 aliphatic carbocycles. The number of hydrogen-bond donors (Lipinski definition) is 3. The molecule has 0 aromatic heterocycles. The van der Waals surface area contributed by atoms with Crippen LogP contribution in [0.3, 0.4) is 0 Å². The van der Waals surface area contributed by atoms with Gasteiger partial charge in [0, 0.05) is 43.9 Å². The van der Waals surface area contributed by atoms with Crippen LogP contribution in [-0.2, 0) is 35.9 Å². The van der Waals surface area contributed by atoms with Gasteiger partial charge in [-0.15, -0.1) is 0 Å².